The molecule has 2 nitrogen and oxygen atoms in total. The summed E-state index contributed by atoms with van der Waals surface area (Å²) in [5, 5.41) is 0. The van der Waals surface area contributed by atoms with Gasteiger partial charge in [0.05, 0.1) is 0 Å². The summed E-state index contributed by atoms with van der Waals surface area (Å²) in [5.74, 6) is 0.498. The number of carbonyl (C=O) groups is 2. The molecular formula is C24H44O2. The molecule has 0 aliphatic heterocycles. The van der Waals surface area contributed by atoms with E-state index in [1.54, 1.807) is 0 Å². The van der Waals surface area contributed by atoms with Crippen molar-refractivity contribution in [2.45, 2.75) is 130 Å². The Hall–Kier alpha value is -0.920. The lowest BCUT2D eigenvalue weighted by atomic mass is 9.88. The van der Waals surface area contributed by atoms with Crippen LogP contribution < -0.4 is 0 Å². The van der Waals surface area contributed by atoms with Crippen molar-refractivity contribution in [2.24, 2.45) is 0 Å². The second kappa shape index (κ2) is 17.5. The van der Waals surface area contributed by atoms with Gasteiger partial charge in [0.1, 0.15) is 0 Å². The minimum Gasteiger partial charge on any atom is -0.295 e. The van der Waals surface area contributed by atoms with Crippen LogP contribution in [-0.2, 0) is 9.59 Å². The average molecular weight is 365 g/mol. The molecule has 0 fully saturated rings. The minimum atomic E-state index is 0.249. The van der Waals surface area contributed by atoms with Crippen molar-refractivity contribution >= 4 is 11.6 Å². The molecule has 26 heavy (non-hydrogen) atoms. The van der Waals surface area contributed by atoms with Crippen LogP contribution in [0.15, 0.2) is 11.1 Å². The Bertz CT molecular complexity index is 368. The Morgan fingerprint density at radius 1 is 0.423 bits per heavy atom. The highest BCUT2D eigenvalue weighted by atomic mass is 16.1. The molecule has 0 saturated heterocycles. The van der Waals surface area contributed by atoms with Gasteiger partial charge in [-0.05, 0) is 38.5 Å². The molecule has 0 saturated carbocycles. The molecule has 0 radical (unpaired) electrons. The summed E-state index contributed by atoms with van der Waals surface area (Å²) >= 11 is 0. The number of unbranched alkanes of at least 4 members (excludes halogenated alkanes) is 8. The first-order valence-electron chi connectivity index (χ1n) is 11.4. The normalized spacial score (nSPS) is 12.2. The van der Waals surface area contributed by atoms with Gasteiger partial charge in [0.15, 0.2) is 11.6 Å². The lowest BCUT2D eigenvalue weighted by molar-refractivity contribution is -0.118. The van der Waals surface area contributed by atoms with Gasteiger partial charge >= 0.3 is 0 Å². The van der Waals surface area contributed by atoms with Crippen molar-refractivity contribution in [3.8, 4) is 0 Å². The van der Waals surface area contributed by atoms with Gasteiger partial charge < -0.3 is 0 Å². The van der Waals surface area contributed by atoms with E-state index in [4.69, 9.17) is 0 Å². The highest BCUT2D eigenvalue weighted by Crippen LogP contribution is 2.24. The highest BCUT2D eigenvalue weighted by Gasteiger charge is 2.19. The lowest BCUT2D eigenvalue weighted by Crippen LogP contribution is -2.13. The van der Waals surface area contributed by atoms with Crippen LogP contribution in [0.2, 0.25) is 0 Å². The Morgan fingerprint density at radius 3 is 1.08 bits per heavy atom. The molecule has 0 atom stereocenters. The van der Waals surface area contributed by atoms with Crippen LogP contribution in [0.3, 0.4) is 0 Å². The van der Waals surface area contributed by atoms with Gasteiger partial charge in [-0.2, -0.15) is 0 Å². The van der Waals surface area contributed by atoms with E-state index in [0.717, 1.165) is 75.4 Å². The third kappa shape index (κ3) is 11.6. The first-order chi connectivity index (χ1) is 12.6. The third-order valence-electron chi connectivity index (χ3n) is 5.11. The summed E-state index contributed by atoms with van der Waals surface area (Å²) in [7, 11) is 0. The molecule has 2 heteroatoms. The van der Waals surface area contributed by atoms with E-state index in [1.165, 1.54) is 25.7 Å². The molecule has 0 aliphatic carbocycles. The summed E-state index contributed by atoms with van der Waals surface area (Å²) in [4.78, 5) is 25.7. The SMILES string of the molecule is CCCCCCC(C(=O)CCCC)=C(CCCCCC)C(=O)CCCC. The van der Waals surface area contributed by atoms with E-state index in [-0.39, 0.29) is 11.6 Å². The predicted molar refractivity (Wildman–Crippen MR) is 114 cm³/mol. The van der Waals surface area contributed by atoms with Crippen LogP contribution in [0.5, 0.6) is 0 Å². The average Bonchev–Trinajstić information content (AvgIpc) is 2.65. The van der Waals surface area contributed by atoms with Crippen molar-refractivity contribution in [2.75, 3.05) is 0 Å². The summed E-state index contributed by atoms with van der Waals surface area (Å²) in [5.41, 5.74) is 1.79. The van der Waals surface area contributed by atoms with Crippen LogP contribution in [0.4, 0.5) is 0 Å². The van der Waals surface area contributed by atoms with Gasteiger partial charge in [-0.3, -0.25) is 9.59 Å². The molecular weight excluding hydrogens is 320 g/mol. The number of Topliss-reactive ketones (excluding diaryl/α,β-unsaturated/α-hetero) is 2. The Labute approximate surface area is 163 Å². The lowest BCUT2D eigenvalue weighted by Gasteiger charge is -2.15. The van der Waals surface area contributed by atoms with Crippen LogP contribution in [0.1, 0.15) is 130 Å². The van der Waals surface area contributed by atoms with E-state index in [2.05, 4.69) is 27.7 Å². The van der Waals surface area contributed by atoms with Gasteiger partial charge in [0.2, 0.25) is 0 Å². The summed E-state index contributed by atoms with van der Waals surface area (Å²) in [6, 6.07) is 0. The second-order valence-electron chi connectivity index (χ2n) is 7.63. The van der Waals surface area contributed by atoms with Crippen molar-refractivity contribution in [3.05, 3.63) is 11.1 Å². The zero-order chi connectivity index (χ0) is 19.6. The first-order valence-corrected chi connectivity index (χ1v) is 11.4. The molecule has 0 amide bonds. The molecule has 0 aromatic heterocycles. The standard InChI is InChI=1S/C24H44O2/c1-5-9-13-15-17-21(23(25)19-11-7-3)22(18-16-14-10-6-2)24(26)20-12-8-4/h5-20H2,1-4H3. The Kier molecular flexibility index (Phi) is 16.9. The van der Waals surface area contributed by atoms with Crippen LogP contribution in [0, 0.1) is 0 Å². The molecule has 0 spiro atoms. The van der Waals surface area contributed by atoms with E-state index in [1.807, 2.05) is 0 Å². The topological polar surface area (TPSA) is 34.1 Å². The van der Waals surface area contributed by atoms with Crippen molar-refractivity contribution in [1.82, 2.24) is 0 Å². The fourth-order valence-corrected chi connectivity index (χ4v) is 3.35. The number of carbonyl (C=O) groups excluding carboxylic acids is 2. The third-order valence-corrected chi connectivity index (χ3v) is 5.11. The number of hydrogen-bond acceptors (Lipinski definition) is 2. The smallest absolute Gasteiger partial charge is 0.159 e. The summed E-state index contributed by atoms with van der Waals surface area (Å²) < 4.78 is 0. The maximum atomic E-state index is 12.9. The molecule has 0 rings (SSSR count). The number of ketones is 2. The highest BCUT2D eigenvalue weighted by molar-refractivity contribution is 6.06. The summed E-state index contributed by atoms with van der Waals surface area (Å²) in [6.07, 6.45) is 16.0. The second-order valence-corrected chi connectivity index (χ2v) is 7.63. The van der Waals surface area contributed by atoms with Crippen LogP contribution in [0.25, 0.3) is 0 Å². The fourth-order valence-electron chi connectivity index (χ4n) is 3.35. The predicted octanol–water partition coefficient (Wildman–Crippen LogP) is 7.74. The van der Waals surface area contributed by atoms with Crippen molar-refractivity contribution in [3.63, 3.8) is 0 Å². The zero-order valence-corrected chi connectivity index (χ0v) is 18.1. The molecule has 0 aromatic rings. The van der Waals surface area contributed by atoms with E-state index in [9.17, 15) is 9.59 Å². The van der Waals surface area contributed by atoms with E-state index in [0.29, 0.717) is 12.8 Å². The monoisotopic (exact) mass is 364 g/mol. The number of allylic oxidation sites excluding steroid dienone is 2. The van der Waals surface area contributed by atoms with E-state index < -0.39 is 0 Å². The van der Waals surface area contributed by atoms with Gasteiger partial charge in [-0.15, -0.1) is 0 Å². The fraction of sp³-hybridized carbons (Fsp3) is 0.833. The number of hydrogen-bond donors (Lipinski definition) is 0. The van der Waals surface area contributed by atoms with Crippen LogP contribution >= 0.6 is 0 Å². The van der Waals surface area contributed by atoms with Gasteiger partial charge in [-0.1, -0.05) is 79.1 Å². The van der Waals surface area contributed by atoms with E-state index >= 15 is 0 Å². The van der Waals surface area contributed by atoms with Gasteiger partial charge in [0.25, 0.3) is 0 Å². The quantitative estimate of drug-likeness (QED) is 0.184. The zero-order valence-electron chi connectivity index (χ0n) is 18.1. The molecule has 0 aromatic carbocycles. The van der Waals surface area contributed by atoms with Gasteiger partial charge in [0, 0.05) is 24.0 Å². The first kappa shape index (κ1) is 25.1. The molecule has 0 heterocycles. The molecule has 0 unspecified atom stereocenters. The Morgan fingerprint density at radius 2 is 0.769 bits per heavy atom. The maximum Gasteiger partial charge on any atom is 0.159 e. The molecule has 152 valence electrons. The number of rotatable bonds is 18. The molecule has 0 N–H and O–H groups in total. The molecule has 0 aliphatic rings. The van der Waals surface area contributed by atoms with Crippen molar-refractivity contribution < 1.29 is 9.59 Å². The summed E-state index contributed by atoms with van der Waals surface area (Å²) in [6.45, 7) is 8.65. The van der Waals surface area contributed by atoms with Gasteiger partial charge in [-0.25, -0.2) is 0 Å². The minimum absolute atomic E-state index is 0.249. The van der Waals surface area contributed by atoms with Crippen LogP contribution in [-0.4, -0.2) is 11.6 Å². The Balaban J connectivity index is 5.31. The largest absolute Gasteiger partial charge is 0.295 e. The molecule has 0 bridgehead atoms. The van der Waals surface area contributed by atoms with Crippen molar-refractivity contribution in [1.29, 1.82) is 0 Å². The maximum absolute atomic E-state index is 12.9.